The zero-order valence-electron chi connectivity index (χ0n) is 14.3. The van der Waals surface area contributed by atoms with E-state index < -0.39 is 9.84 Å². The topological polar surface area (TPSA) is 72.9 Å². The molecule has 1 aliphatic heterocycles. The Morgan fingerprint density at radius 2 is 1.84 bits per heavy atom. The lowest BCUT2D eigenvalue weighted by Crippen LogP contribution is -2.40. The molecule has 1 fully saturated rings. The predicted octanol–water partition coefficient (Wildman–Crippen LogP) is 1.87. The lowest BCUT2D eigenvalue weighted by Gasteiger charge is -2.23. The molecule has 7 heteroatoms. The fourth-order valence-electron chi connectivity index (χ4n) is 2.95. The number of hydrogen-bond acceptors (Lipinski definition) is 5. The van der Waals surface area contributed by atoms with Gasteiger partial charge in [0.1, 0.15) is 11.5 Å². The molecule has 0 N–H and O–H groups in total. The monoisotopic (exact) mass is 363 g/mol. The standard InChI is InChI=1S/C18H21NO5S/c1-19(15-7-8-25(21,22)12-15)18(20)11-24-17-6-4-13-3-5-16(23-2)9-14(13)10-17/h3-6,9-10,15H,7-8,11-12H2,1-2H3/t15-/m0/s1. The first kappa shape index (κ1) is 17.5. The Morgan fingerprint density at radius 1 is 1.16 bits per heavy atom. The van der Waals surface area contributed by atoms with Crippen molar-refractivity contribution in [2.24, 2.45) is 0 Å². The number of methoxy groups -OCH3 is 1. The van der Waals surface area contributed by atoms with Crippen LogP contribution in [0.4, 0.5) is 0 Å². The van der Waals surface area contributed by atoms with E-state index in [-0.39, 0.29) is 30.1 Å². The maximum atomic E-state index is 12.3. The fraction of sp³-hybridized carbons (Fsp3) is 0.389. The highest BCUT2D eigenvalue weighted by atomic mass is 32.2. The molecule has 3 rings (SSSR count). The van der Waals surface area contributed by atoms with E-state index in [1.165, 1.54) is 4.90 Å². The predicted molar refractivity (Wildman–Crippen MR) is 95.8 cm³/mol. The van der Waals surface area contributed by atoms with E-state index in [1.54, 1.807) is 14.2 Å². The maximum Gasteiger partial charge on any atom is 0.260 e. The third-order valence-electron chi connectivity index (χ3n) is 4.53. The van der Waals surface area contributed by atoms with Crippen molar-refractivity contribution >= 4 is 26.5 Å². The average Bonchev–Trinajstić information content (AvgIpc) is 2.98. The van der Waals surface area contributed by atoms with Crippen molar-refractivity contribution in [2.45, 2.75) is 12.5 Å². The van der Waals surface area contributed by atoms with Crippen LogP contribution in [0.15, 0.2) is 36.4 Å². The lowest BCUT2D eigenvalue weighted by molar-refractivity contribution is -0.133. The smallest absolute Gasteiger partial charge is 0.260 e. The normalized spacial score (nSPS) is 18.9. The Bertz CT molecular complexity index is 893. The van der Waals surface area contributed by atoms with Gasteiger partial charge in [0.25, 0.3) is 5.91 Å². The van der Waals surface area contributed by atoms with Gasteiger partial charge in [-0.2, -0.15) is 0 Å². The molecule has 1 aliphatic rings. The number of fused-ring (bicyclic) bond motifs is 1. The van der Waals surface area contributed by atoms with Crippen LogP contribution in [0.2, 0.25) is 0 Å². The van der Waals surface area contributed by atoms with E-state index in [1.807, 2.05) is 36.4 Å². The van der Waals surface area contributed by atoms with Crippen LogP contribution in [0.5, 0.6) is 11.5 Å². The summed E-state index contributed by atoms with van der Waals surface area (Å²) < 4.78 is 33.9. The second-order valence-corrected chi connectivity index (χ2v) is 8.45. The van der Waals surface area contributed by atoms with Crippen molar-refractivity contribution in [3.05, 3.63) is 36.4 Å². The van der Waals surface area contributed by atoms with Gasteiger partial charge in [0.05, 0.1) is 18.6 Å². The molecule has 0 radical (unpaired) electrons. The molecule has 0 bridgehead atoms. The van der Waals surface area contributed by atoms with Crippen LogP contribution in [-0.4, -0.2) is 57.5 Å². The van der Waals surface area contributed by atoms with Gasteiger partial charge in [-0.15, -0.1) is 0 Å². The quantitative estimate of drug-likeness (QED) is 0.811. The van der Waals surface area contributed by atoms with E-state index in [0.717, 1.165) is 16.5 Å². The van der Waals surface area contributed by atoms with Gasteiger partial charge in [-0.25, -0.2) is 8.42 Å². The Labute approximate surface area is 147 Å². The molecule has 0 unspecified atom stereocenters. The largest absolute Gasteiger partial charge is 0.497 e. The van der Waals surface area contributed by atoms with E-state index >= 15 is 0 Å². The SMILES string of the molecule is COc1ccc2ccc(OCC(=O)N(C)[C@H]3CCS(=O)(=O)C3)cc2c1. The number of ether oxygens (including phenoxy) is 2. The molecule has 0 aliphatic carbocycles. The number of nitrogens with zero attached hydrogens (tertiary/aromatic N) is 1. The van der Waals surface area contributed by atoms with Crippen LogP contribution in [-0.2, 0) is 14.6 Å². The van der Waals surface area contributed by atoms with E-state index in [9.17, 15) is 13.2 Å². The highest BCUT2D eigenvalue weighted by Crippen LogP contribution is 2.25. The molecular weight excluding hydrogens is 342 g/mol. The van der Waals surface area contributed by atoms with Crippen molar-refractivity contribution in [2.75, 3.05) is 32.3 Å². The van der Waals surface area contributed by atoms with Crippen molar-refractivity contribution < 1.29 is 22.7 Å². The minimum Gasteiger partial charge on any atom is -0.497 e. The van der Waals surface area contributed by atoms with Crippen LogP contribution in [0, 0.1) is 0 Å². The first-order valence-electron chi connectivity index (χ1n) is 8.05. The second-order valence-electron chi connectivity index (χ2n) is 6.23. The zero-order valence-corrected chi connectivity index (χ0v) is 15.1. The fourth-order valence-corrected chi connectivity index (χ4v) is 4.73. The zero-order chi connectivity index (χ0) is 18.0. The van der Waals surface area contributed by atoms with Gasteiger partial charge in [0.2, 0.25) is 0 Å². The summed E-state index contributed by atoms with van der Waals surface area (Å²) in [5.41, 5.74) is 0. The highest BCUT2D eigenvalue weighted by molar-refractivity contribution is 7.91. The Kier molecular flexibility index (Phi) is 4.85. The van der Waals surface area contributed by atoms with Crippen LogP contribution >= 0.6 is 0 Å². The van der Waals surface area contributed by atoms with Crippen molar-refractivity contribution in [3.8, 4) is 11.5 Å². The summed E-state index contributed by atoms with van der Waals surface area (Å²) in [5.74, 6) is 1.28. The number of rotatable bonds is 5. The number of hydrogen-bond donors (Lipinski definition) is 0. The summed E-state index contributed by atoms with van der Waals surface area (Å²) >= 11 is 0. The van der Waals surface area contributed by atoms with E-state index in [2.05, 4.69) is 0 Å². The van der Waals surface area contributed by atoms with Gasteiger partial charge in [0.15, 0.2) is 16.4 Å². The van der Waals surface area contributed by atoms with Gasteiger partial charge in [-0.05, 0) is 41.5 Å². The average molecular weight is 363 g/mol. The highest BCUT2D eigenvalue weighted by Gasteiger charge is 2.32. The second kappa shape index (κ2) is 6.92. The molecule has 2 aromatic carbocycles. The van der Waals surface area contributed by atoms with Crippen LogP contribution in [0.1, 0.15) is 6.42 Å². The molecule has 1 atom stereocenters. The number of benzene rings is 2. The number of likely N-dealkylation sites (N-methyl/N-ethyl adjacent to an activating group) is 1. The summed E-state index contributed by atoms with van der Waals surface area (Å²) in [4.78, 5) is 13.7. The molecule has 25 heavy (non-hydrogen) atoms. The minimum atomic E-state index is -3.02. The Morgan fingerprint density at radius 3 is 2.48 bits per heavy atom. The molecule has 0 saturated carbocycles. The van der Waals surface area contributed by atoms with Crippen LogP contribution in [0.3, 0.4) is 0 Å². The summed E-state index contributed by atoms with van der Waals surface area (Å²) in [7, 11) is 0.219. The first-order chi connectivity index (χ1) is 11.9. The number of carbonyl (C=O) groups is 1. The minimum absolute atomic E-state index is 0.0327. The third-order valence-corrected chi connectivity index (χ3v) is 6.28. The van der Waals surface area contributed by atoms with Crippen molar-refractivity contribution in [1.29, 1.82) is 0 Å². The summed E-state index contributed by atoms with van der Waals surface area (Å²) in [6, 6.07) is 11.1. The summed E-state index contributed by atoms with van der Waals surface area (Å²) in [6.45, 7) is -0.122. The van der Waals surface area contributed by atoms with Gasteiger partial charge < -0.3 is 14.4 Å². The van der Waals surface area contributed by atoms with Crippen molar-refractivity contribution in [1.82, 2.24) is 4.90 Å². The van der Waals surface area contributed by atoms with Crippen LogP contribution in [0.25, 0.3) is 10.8 Å². The molecule has 1 amide bonds. The molecule has 1 heterocycles. The summed E-state index contributed by atoms with van der Waals surface area (Å²) in [5, 5.41) is 2.01. The third kappa shape index (κ3) is 4.04. The number of sulfone groups is 1. The van der Waals surface area contributed by atoms with Crippen molar-refractivity contribution in [3.63, 3.8) is 0 Å². The van der Waals surface area contributed by atoms with Gasteiger partial charge >= 0.3 is 0 Å². The molecule has 2 aromatic rings. The lowest BCUT2D eigenvalue weighted by atomic mass is 10.1. The van der Waals surface area contributed by atoms with E-state index in [0.29, 0.717) is 12.2 Å². The molecule has 1 saturated heterocycles. The van der Waals surface area contributed by atoms with E-state index in [4.69, 9.17) is 9.47 Å². The van der Waals surface area contributed by atoms with Crippen LogP contribution < -0.4 is 9.47 Å². The first-order valence-corrected chi connectivity index (χ1v) is 9.87. The van der Waals surface area contributed by atoms with Gasteiger partial charge in [-0.3, -0.25) is 4.79 Å². The Hall–Kier alpha value is -2.28. The number of amides is 1. The maximum absolute atomic E-state index is 12.3. The Balaban J connectivity index is 1.64. The van der Waals surface area contributed by atoms with Gasteiger partial charge in [0, 0.05) is 13.1 Å². The molecule has 0 aromatic heterocycles. The molecule has 0 spiro atoms. The van der Waals surface area contributed by atoms with Gasteiger partial charge in [-0.1, -0.05) is 12.1 Å². The molecular formula is C18H21NO5S. The summed E-state index contributed by atoms with van der Waals surface area (Å²) in [6.07, 6.45) is 0.486. The number of carbonyl (C=O) groups excluding carboxylic acids is 1. The molecule has 6 nitrogen and oxygen atoms in total. The molecule has 134 valence electrons.